The summed E-state index contributed by atoms with van der Waals surface area (Å²) in [6.07, 6.45) is 2.22. The number of aromatic nitrogens is 1. The molecule has 0 spiro atoms. The highest BCUT2D eigenvalue weighted by atomic mass is 35.5. The number of nitrogens with zero attached hydrogens (tertiary/aromatic N) is 2. The summed E-state index contributed by atoms with van der Waals surface area (Å²) in [4.78, 5) is 17.9. The number of nitrogens with one attached hydrogen (secondary N) is 1. The van der Waals surface area contributed by atoms with Crippen LogP contribution in [0.5, 0.6) is 0 Å². The Balaban J connectivity index is 1.86. The topological polar surface area (TPSA) is 54.5 Å². The third-order valence-electron chi connectivity index (χ3n) is 2.92. The Morgan fingerprint density at radius 2 is 2.25 bits per heavy atom. The number of ether oxygens (including phenoxy) is 1. The van der Waals surface area contributed by atoms with Crippen molar-refractivity contribution in [2.24, 2.45) is 0 Å². The lowest BCUT2D eigenvalue weighted by atomic mass is 10.2. The highest BCUT2D eigenvalue weighted by Gasteiger charge is 2.29. The van der Waals surface area contributed by atoms with E-state index in [-0.39, 0.29) is 12.1 Å². The minimum Gasteiger partial charge on any atom is -0.444 e. The number of hydrogen-bond acceptors (Lipinski definition) is 4. The van der Waals surface area contributed by atoms with E-state index in [2.05, 4.69) is 10.3 Å². The second-order valence-corrected chi connectivity index (χ2v) is 6.35. The second-order valence-electron chi connectivity index (χ2n) is 5.92. The van der Waals surface area contributed by atoms with Gasteiger partial charge < -0.3 is 15.0 Å². The zero-order valence-electron chi connectivity index (χ0n) is 12.0. The summed E-state index contributed by atoms with van der Waals surface area (Å²) in [5, 5.41) is 3.91. The van der Waals surface area contributed by atoms with Crippen LogP contribution in [-0.4, -0.2) is 40.7 Å². The Labute approximate surface area is 124 Å². The Morgan fingerprint density at radius 1 is 1.50 bits per heavy atom. The molecule has 0 unspecified atom stereocenters. The Hall–Kier alpha value is -1.49. The van der Waals surface area contributed by atoms with Crippen LogP contribution in [0.2, 0.25) is 5.02 Å². The lowest BCUT2D eigenvalue weighted by molar-refractivity contribution is 0.0293. The zero-order valence-corrected chi connectivity index (χ0v) is 12.8. The second kappa shape index (κ2) is 5.87. The average molecular weight is 298 g/mol. The zero-order chi connectivity index (χ0) is 14.8. The maximum absolute atomic E-state index is 11.9. The van der Waals surface area contributed by atoms with Gasteiger partial charge in [0, 0.05) is 25.3 Å². The molecule has 6 heteroatoms. The van der Waals surface area contributed by atoms with Crippen molar-refractivity contribution in [2.75, 3.05) is 18.4 Å². The molecule has 2 heterocycles. The highest BCUT2D eigenvalue weighted by Crippen LogP contribution is 2.18. The van der Waals surface area contributed by atoms with Crippen LogP contribution < -0.4 is 5.32 Å². The van der Waals surface area contributed by atoms with E-state index in [1.54, 1.807) is 17.2 Å². The van der Waals surface area contributed by atoms with E-state index in [1.165, 1.54) is 0 Å². The SMILES string of the molecule is CC(C)(C)OC(=O)N1CC[C@@H](Nc2ccc(Cl)cn2)C1. The summed E-state index contributed by atoms with van der Waals surface area (Å²) in [7, 11) is 0. The summed E-state index contributed by atoms with van der Waals surface area (Å²) >= 11 is 5.79. The van der Waals surface area contributed by atoms with Gasteiger partial charge in [-0.05, 0) is 39.3 Å². The molecule has 0 bridgehead atoms. The standard InChI is InChI=1S/C14H20ClN3O2/c1-14(2,3)20-13(19)18-7-6-11(9-18)17-12-5-4-10(15)8-16-12/h4-5,8,11H,6-7,9H2,1-3H3,(H,16,17)/t11-/m1/s1. The number of carbonyl (C=O) groups excluding carboxylic acids is 1. The van der Waals surface area contributed by atoms with E-state index in [1.807, 2.05) is 26.8 Å². The quantitative estimate of drug-likeness (QED) is 0.911. The van der Waals surface area contributed by atoms with Crippen molar-refractivity contribution in [3.63, 3.8) is 0 Å². The maximum atomic E-state index is 11.9. The minimum atomic E-state index is -0.458. The van der Waals surface area contributed by atoms with Crippen LogP contribution in [0.4, 0.5) is 10.6 Å². The van der Waals surface area contributed by atoms with Crippen molar-refractivity contribution >= 4 is 23.5 Å². The van der Waals surface area contributed by atoms with Crippen molar-refractivity contribution < 1.29 is 9.53 Å². The molecule has 20 heavy (non-hydrogen) atoms. The molecule has 110 valence electrons. The van der Waals surface area contributed by atoms with Crippen LogP contribution in [0.3, 0.4) is 0 Å². The Kier molecular flexibility index (Phi) is 4.38. The van der Waals surface area contributed by atoms with Gasteiger partial charge >= 0.3 is 6.09 Å². The molecule has 0 aliphatic carbocycles. The van der Waals surface area contributed by atoms with Gasteiger partial charge in [0.2, 0.25) is 0 Å². The number of amides is 1. The van der Waals surface area contributed by atoms with Crippen LogP contribution in [-0.2, 0) is 4.74 Å². The Morgan fingerprint density at radius 3 is 2.85 bits per heavy atom. The number of anilines is 1. The molecule has 2 rings (SSSR count). The van der Waals surface area contributed by atoms with Crippen LogP contribution in [0, 0.1) is 0 Å². The predicted octanol–water partition coefficient (Wildman–Crippen LogP) is 3.16. The van der Waals surface area contributed by atoms with Gasteiger partial charge in [-0.2, -0.15) is 0 Å². The molecule has 1 aliphatic heterocycles. The van der Waals surface area contributed by atoms with E-state index in [0.29, 0.717) is 18.1 Å². The molecule has 0 aromatic carbocycles. The third kappa shape index (κ3) is 4.27. The minimum absolute atomic E-state index is 0.191. The van der Waals surface area contributed by atoms with Crippen LogP contribution in [0.25, 0.3) is 0 Å². The maximum Gasteiger partial charge on any atom is 0.410 e. The summed E-state index contributed by atoms with van der Waals surface area (Å²) in [5.74, 6) is 0.769. The molecule has 1 atom stereocenters. The molecular formula is C14H20ClN3O2. The van der Waals surface area contributed by atoms with E-state index < -0.39 is 5.60 Å². The Bertz CT molecular complexity index is 470. The number of halogens is 1. The van der Waals surface area contributed by atoms with Gasteiger partial charge in [0.1, 0.15) is 11.4 Å². The van der Waals surface area contributed by atoms with Gasteiger partial charge in [-0.15, -0.1) is 0 Å². The van der Waals surface area contributed by atoms with Gasteiger partial charge in [0.05, 0.1) is 5.02 Å². The molecule has 1 saturated heterocycles. The molecule has 1 aliphatic rings. The van der Waals surface area contributed by atoms with Crippen molar-refractivity contribution in [1.82, 2.24) is 9.88 Å². The summed E-state index contributed by atoms with van der Waals surface area (Å²) in [6.45, 7) is 6.93. The molecule has 0 saturated carbocycles. The van der Waals surface area contributed by atoms with Crippen molar-refractivity contribution in [3.8, 4) is 0 Å². The fraction of sp³-hybridized carbons (Fsp3) is 0.571. The van der Waals surface area contributed by atoms with E-state index >= 15 is 0 Å². The fourth-order valence-corrected chi connectivity index (χ4v) is 2.15. The molecule has 1 aromatic heterocycles. The third-order valence-corrected chi connectivity index (χ3v) is 3.14. The van der Waals surface area contributed by atoms with Crippen molar-refractivity contribution in [3.05, 3.63) is 23.4 Å². The van der Waals surface area contributed by atoms with Gasteiger partial charge in [0.15, 0.2) is 0 Å². The van der Waals surface area contributed by atoms with Gasteiger partial charge in [-0.3, -0.25) is 0 Å². The lowest BCUT2D eigenvalue weighted by Gasteiger charge is -2.24. The van der Waals surface area contributed by atoms with Gasteiger partial charge in [-0.1, -0.05) is 11.6 Å². The number of rotatable bonds is 2. The molecule has 1 aromatic rings. The van der Waals surface area contributed by atoms with Crippen molar-refractivity contribution in [2.45, 2.75) is 38.8 Å². The number of carbonyl (C=O) groups is 1. The highest BCUT2D eigenvalue weighted by molar-refractivity contribution is 6.30. The van der Waals surface area contributed by atoms with Crippen molar-refractivity contribution in [1.29, 1.82) is 0 Å². The average Bonchev–Trinajstić information content (AvgIpc) is 2.79. The molecular weight excluding hydrogens is 278 g/mol. The van der Waals surface area contributed by atoms with Crippen LogP contribution >= 0.6 is 11.6 Å². The first-order chi connectivity index (χ1) is 9.33. The fourth-order valence-electron chi connectivity index (χ4n) is 2.04. The molecule has 5 nitrogen and oxygen atoms in total. The van der Waals surface area contributed by atoms with E-state index in [4.69, 9.17) is 16.3 Å². The molecule has 1 N–H and O–H groups in total. The number of hydrogen-bond donors (Lipinski definition) is 1. The largest absolute Gasteiger partial charge is 0.444 e. The van der Waals surface area contributed by atoms with Crippen LogP contribution in [0.15, 0.2) is 18.3 Å². The van der Waals surface area contributed by atoms with E-state index in [9.17, 15) is 4.79 Å². The smallest absolute Gasteiger partial charge is 0.410 e. The molecule has 1 amide bonds. The normalized spacial score (nSPS) is 19.0. The first kappa shape index (κ1) is 14.9. The van der Waals surface area contributed by atoms with Gasteiger partial charge in [-0.25, -0.2) is 9.78 Å². The van der Waals surface area contributed by atoms with Gasteiger partial charge in [0.25, 0.3) is 0 Å². The summed E-state index contributed by atoms with van der Waals surface area (Å²) in [6, 6.07) is 3.81. The number of likely N-dealkylation sites (tertiary alicyclic amines) is 1. The lowest BCUT2D eigenvalue weighted by Crippen LogP contribution is -2.36. The molecule has 0 radical (unpaired) electrons. The van der Waals surface area contributed by atoms with Crippen LogP contribution in [0.1, 0.15) is 27.2 Å². The van der Waals surface area contributed by atoms with E-state index in [0.717, 1.165) is 12.2 Å². The first-order valence-electron chi connectivity index (χ1n) is 6.69. The summed E-state index contributed by atoms with van der Waals surface area (Å²) < 4.78 is 5.36. The molecule has 1 fully saturated rings. The monoisotopic (exact) mass is 297 g/mol. The summed E-state index contributed by atoms with van der Waals surface area (Å²) in [5.41, 5.74) is -0.458. The first-order valence-corrected chi connectivity index (χ1v) is 7.07. The predicted molar refractivity (Wildman–Crippen MR) is 79.1 cm³/mol. The number of pyridine rings is 1.